The molecule has 0 saturated heterocycles. The molecule has 2 aliphatic heterocycles. The van der Waals surface area contributed by atoms with Crippen molar-refractivity contribution in [3.63, 3.8) is 0 Å². The highest BCUT2D eigenvalue weighted by Gasteiger charge is 2.37. The van der Waals surface area contributed by atoms with E-state index in [1.807, 2.05) is 28.0 Å². The number of carbonyl (C=O) groups is 1. The first-order valence-electron chi connectivity index (χ1n) is 7.94. The lowest BCUT2D eigenvalue weighted by molar-refractivity contribution is -0.384. The standard InChI is InChI=1S/C18H12ClN3O3S2/c19-12-4-3-11(10-14(12)22(24)25)17-13(21-7-9-27-18(21)20-17)5-6-15(23)16-2-1-8-26-16/h1-10,13,17H/b6-5+. The predicted octanol–water partition coefficient (Wildman–Crippen LogP) is 5.05. The van der Waals surface area contributed by atoms with E-state index in [2.05, 4.69) is 4.99 Å². The van der Waals surface area contributed by atoms with Crippen LogP contribution in [0, 0.1) is 10.1 Å². The van der Waals surface area contributed by atoms with Crippen molar-refractivity contribution in [3.8, 4) is 0 Å². The summed E-state index contributed by atoms with van der Waals surface area (Å²) in [6.07, 6.45) is 5.25. The van der Waals surface area contributed by atoms with Crippen LogP contribution in [-0.4, -0.2) is 26.8 Å². The Kier molecular flexibility index (Phi) is 4.86. The number of fused-ring (bicyclic) bond motifs is 1. The molecule has 27 heavy (non-hydrogen) atoms. The summed E-state index contributed by atoms with van der Waals surface area (Å²) in [5.41, 5.74) is 0.530. The van der Waals surface area contributed by atoms with Gasteiger partial charge in [0.25, 0.3) is 5.69 Å². The fourth-order valence-electron chi connectivity index (χ4n) is 2.96. The van der Waals surface area contributed by atoms with Crippen molar-refractivity contribution < 1.29 is 9.72 Å². The monoisotopic (exact) mass is 417 g/mol. The van der Waals surface area contributed by atoms with Crippen molar-refractivity contribution in [2.45, 2.75) is 12.1 Å². The summed E-state index contributed by atoms with van der Waals surface area (Å²) in [5, 5.41) is 15.9. The van der Waals surface area contributed by atoms with Gasteiger partial charge in [0.2, 0.25) is 0 Å². The molecule has 0 saturated carbocycles. The Morgan fingerprint density at radius 1 is 1.37 bits per heavy atom. The van der Waals surface area contributed by atoms with Gasteiger partial charge < -0.3 is 4.90 Å². The van der Waals surface area contributed by atoms with Crippen LogP contribution in [0.15, 0.2) is 64.5 Å². The number of thioether (sulfide) groups is 1. The molecule has 3 heterocycles. The zero-order chi connectivity index (χ0) is 19.0. The highest BCUT2D eigenvalue weighted by molar-refractivity contribution is 8.16. The second-order valence-electron chi connectivity index (χ2n) is 5.83. The van der Waals surface area contributed by atoms with E-state index in [0.717, 1.165) is 5.17 Å². The minimum Gasteiger partial charge on any atom is -0.318 e. The second kappa shape index (κ2) is 7.30. The van der Waals surface area contributed by atoms with Crippen molar-refractivity contribution in [1.29, 1.82) is 0 Å². The van der Waals surface area contributed by atoms with E-state index in [4.69, 9.17) is 11.6 Å². The van der Waals surface area contributed by atoms with Crippen molar-refractivity contribution in [1.82, 2.24) is 4.90 Å². The van der Waals surface area contributed by atoms with Gasteiger partial charge in [-0.2, -0.15) is 0 Å². The highest BCUT2D eigenvalue weighted by Crippen LogP contribution is 2.40. The minimum atomic E-state index is -0.505. The summed E-state index contributed by atoms with van der Waals surface area (Å²) in [6.45, 7) is 0. The zero-order valence-electron chi connectivity index (χ0n) is 13.7. The molecule has 2 unspecified atom stereocenters. The Bertz CT molecular complexity index is 1000. The molecule has 4 rings (SSSR count). The highest BCUT2D eigenvalue weighted by atomic mass is 35.5. The lowest BCUT2D eigenvalue weighted by Crippen LogP contribution is -2.28. The van der Waals surface area contributed by atoms with Gasteiger partial charge in [-0.3, -0.25) is 19.9 Å². The number of hydrogen-bond acceptors (Lipinski definition) is 7. The van der Waals surface area contributed by atoms with E-state index in [1.165, 1.54) is 35.2 Å². The quantitative estimate of drug-likeness (QED) is 0.294. The van der Waals surface area contributed by atoms with E-state index >= 15 is 0 Å². The maximum absolute atomic E-state index is 12.3. The molecule has 6 nitrogen and oxygen atoms in total. The van der Waals surface area contributed by atoms with Crippen LogP contribution in [0.5, 0.6) is 0 Å². The number of allylic oxidation sites excluding steroid dienone is 1. The number of ketones is 1. The van der Waals surface area contributed by atoms with Crippen LogP contribution in [-0.2, 0) is 0 Å². The number of thiophene rings is 1. The fourth-order valence-corrected chi connectivity index (χ4v) is 4.59. The molecule has 0 aliphatic carbocycles. The Hall–Kier alpha value is -2.42. The van der Waals surface area contributed by atoms with E-state index in [-0.39, 0.29) is 28.6 Å². The van der Waals surface area contributed by atoms with E-state index in [9.17, 15) is 14.9 Å². The molecule has 2 aromatic rings. The number of nitrogens with zero attached hydrogens (tertiary/aromatic N) is 3. The number of aliphatic imine (C=N–C) groups is 1. The van der Waals surface area contributed by atoms with Crippen LogP contribution in [0.1, 0.15) is 21.3 Å². The molecule has 136 valence electrons. The van der Waals surface area contributed by atoms with Gasteiger partial charge in [-0.25, -0.2) is 0 Å². The number of nitro benzene ring substituents is 1. The van der Waals surface area contributed by atoms with Crippen LogP contribution in [0.2, 0.25) is 5.02 Å². The van der Waals surface area contributed by atoms with Crippen LogP contribution < -0.4 is 0 Å². The number of hydrogen-bond donors (Lipinski definition) is 0. The molecule has 2 aliphatic rings. The van der Waals surface area contributed by atoms with Crippen molar-refractivity contribution in [2.24, 2.45) is 4.99 Å². The third-order valence-corrected chi connectivity index (χ3v) is 6.22. The van der Waals surface area contributed by atoms with Gasteiger partial charge in [-0.1, -0.05) is 41.6 Å². The largest absolute Gasteiger partial charge is 0.318 e. The Morgan fingerprint density at radius 2 is 2.22 bits per heavy atom. The Morgan fingerprint density at radius 3 is 2.96 bits per heavy atom. The van der Waals surface area contributed by atoms with Crippen LogP contribution >= 0.6 is 34.7 Å². The number of benzene rings is 1. The molecule has 0 radical (unpaired) electrons. The van der Waals surface area contributed by atoms with Crippen LogP contribution in [0.4, 0.5) is 5.69 Å². The van der Waals surface area contributed by atoms with Crippen molar-refractivity contribution in [2.75, 3.05) is 0 Å². The van der Waals surface area contributed by atoms with E-state index in [0.29, 0.717) is 10.4 Å². The average molecular weight is 418 g/mol. The Labute approximate surface area is 168 Å². The SMILES string of the molecule is O=C(/C=C/C1C(c2ccc(Cl)c([N+](=O)[O-])c2)N=C2SC=CN21)c1cccs1. The molecule has 0 fully saturated rings. The van der Waals surface area contributed by atoms with Crippen molar-refractivity contribution in [3.05, 3.63) is 85.0 Å². The third kappa shape index (κ3) is 3.43. The molecule has 2 atom stereocenters. The predicted molar refractivity (Wildman–Crippen MR) is 108 cm³/mol. The normalized spacial score (nSPS) is 20.9. The summed E-state index contributed by atoms with van der Waals surface area (Å²) < 4.78 is 0. The fraction of sp³-hybridized carbons (Fsp3) is 0.111. The maximum Gasteiger partial charge on any atom is 0.288 e. The number of rotatable bonds is 5. The molecule has 1 aromatic carbocycles. The molecular weight excluding hydrogens is 406 g/mol. The van der Waals surface area contributed by atoms with Crippen LogP contribution in [0.3, 0.4) is 0 Å². The molecule has 0 N–H and O–H groups in total. The van der Waals surface area contributed by atoms with Gasteiger partial charge in [-0.05, 0) is 34.6 Å². The molecule has 1 aromatic heterocycles. The summed E-state index contributed by atoms with van der Waals surface area (Å²) in [4.78, 5) is 30.4. The number of amidine groups is 1. The number of halogens is 1. The third-order valence-electron chi connectivity index (χ3n) is 4.23. The van der Waals surface area contributed by atoms with Crippen molar-refractivity contribution >= 4 is 51.3 Å². The molecule has 0 spiro atoms. The summed E-state index contributed by atoms with van der Waals surface area (Å²) >= 11 is 8.79. The van der Waals surface area contributed by atoms with Gasteiger partial charge in [-0.15, -0.1) is 11.3 Å². The average Bonchev–Trinajstić information content (AvgIpc) is 3.37. The zero-order valence-corrected chi connectivity index (χ0v) is 16.1. The first-order valence-corrected chi connectivity index (χ1v) is 10.1. The second-order valence-corrected chi connectivity index (χ2v) is 8.05. The lowest BCUT2D eigenvalue weighted by atomic mass is 9.98. The minimum absolute atomic E-state index is 0.0740. The van der Waals surface area contributed by atoms with Gasteiger partial charge in [0.1, 0.15) is 11.1 Å². The topological polar surface area (TPSA) is 75.8 Å². The summed E-state index contributed by atoms with van der Waals surface area (Å²) in [5.74, 6) is -0.0740. The van der Waals surface area contributed by atoms with Gasteiger partial charge in [0.05, 0.1) is 15.8 Å². The first-order chi connectivity index (χ1) is 13.0. The Balaban J connectivity index is 1.66. The number of nitro groups is 1. The first kappa shape index (κ1) is 18.0. The van der Waals surface area contributed by atoms with Gasteiger partial charge >= 0.3 is 0 Å². The van der Waals surface area contributed by atoms with Crippen LogP contribution in [0.25, 0.3) is 0 Å². The molecule has 0 amide bonds. The van der Waals surface area contributed by atoms with E-state index < -0.39 is 4.92 Å². The maximum atomic E-state index is 12.3. The molecule has 0 bridgehead atoms. The summed E-state index contributed by atoms with van der Waals surface area (Å²) in [7, 11) is 0. The smallest absolute Gasteiger partial charge is 0.288 e. The number of carbonyl (C=O) groups excluding carboxylic acids is 1. The van der Waals surface area contributed by atoms with Gasteiger partial charge in [0, 0.05) is 12.3 Å². The summed E-state index contributed by atoms with van der Waals surface area (Å²) in [6, 6.07) is 7.71. The molecule has 9 heteroatoms. The lowest BCUT2D eigenvalue weighted by Gasteiger charge is -2.22. The van der Waals surface area contributed by atoms with E-state index in [1.54, 1.807) is 24.3 Å². The molecular formula is C18H12ClN3O3S2. The van der Waals surface area contributed by atoms with Gasteiger partial charge in [0.15, 0.2) is 11.0 Å².